The van der Waals surface area contributed by atoms with Gasteiger partial charge >= 0.3 is 5.97 Å². The van der Waals surface area contributed by atoms with E-state index in [1.54, 1.807) is 42.7 Å². The predicted molar refractivity (Wildman–Crippen MR) is 87.0 cm³/mol. The molecule has 1 atom stereocenters. The zero-order valence-electron chi connectivity index (χ0n) is 13.1. The Bertz CT molecular complexity index is 750. The number of carbonyl (C=O) groups excluding carboxylic acids is 2. The molecule has 1 saturated heterocycles. The molecule has 0 radical (unpaired) electrons. The lowest BCUT2D eigenvalue weighted by molar-refractivity contribution is -0.143. The van der Waals surface area contributed by atoms with Crippen molar-refractivity contribution in [2.75, 3.05) is 6.54 Å². The highest BCUT2D eigenvalue weighted by molar-refractivity contribution is 6.09. The highest BCUT2D eigenvalue weighted by Gasteiger charge is 2.32. The van der Waals surface area contributed by atoms with Crippen LogP contribution in [0.5, 0.6) is 0 Å². The maximum absolute atomic E-state index is 12.6. The molecule has 6 heteroatoms. The summed E-state index contributed by atoms with van der Waals surface area (Å²) in [6.45, 7) is 0.444. The third-order valence-electron chi connectivity index (χ3n) is 4.30. The molecule has 2 heterocycles. The van der Waals surface area contributed by atoms with E-state index in [4.69, 9.17) is 0 Å². The van der Waals surface area contributed by atoms with Gasteiger partial charge in [0.2, 0.25) is 0 Å². The molecular formula is C18H18N2O4. The van der Waals surface area contributed by atoms with Gasteiger partial charge in [0, 0.05) is 35.6 Å². The van der Waals surface area contributed by atoms with Gasteiger partial charge < -0.3 is 15.0 Å². The Hall–Kier alpha value is -2.89. The quantitative estimate of drug-likeness (QED) is 0.844. The first kappa shape index (κ1) is 16.0. The summed E-state index contributed by atoms with van der Waals surface area (Å²) in [6.07, 6.45) is 5.38. The average molecular weight is 326 g/mol. The summed E-state index contributed by atoms with van der Waals surface area (Å²) in [5.74, 6) is -1.40. The molecule has 1 aliphatic heterocycles. The minimum Gasteiger partial charge on any atom is -0.480 e. The SMILES string of the molecule is O=C(c1ccc(C(=O)N2CCCCC2C(=O)O)cc1)c1cc[nH]c1. The van der Waals surface area contributed by atoms with Gasteiger partial charge in [-0.05, 0) is 37.5 Å². The largest absolute Gasteiger partial charge is 0.480 e. The number of likely N-dealkylation sites (tertiary alicyclic amines) is 1. The predicted octanol–water partition coefficient (Wildman–Crippen LogP) is 2.33. The van der Waals surface area contributed by atoms with Crippen molar-refractivity contribution in [2.45, 2.75) is 25.3 Å². The van der Waals surface area contributed by atoms with E-state index in [9.17, 15) is 19.5 Å². The van der Waals surface area contributed by atoms with E-state index in [1.807, 2.05) is 0 Å². The van der Waals surface area contributed by atoms with Gasteiger partial charge in [0.05, 0.1) is 0 Å². The lowest BCUT2D eigenvalue weighted by atomic mass is 9.99. The standard InChI is InChI=1S/C18H18N2O4/c21-16(14-8-9-19-11-14)12-4-6-13(7-5-12)17(22)20-10-2-1-3-15(20)18(23)24/h4-9,11,15,19H,1-3,10H2,(H,23,24). The zero-order valence-corrected chi connectivity index (χ0v) is 13.1. The van der Waals surface area contributed by atoms with Gasteiger partial charge in [0.15, 0.2) is 5.78 Å². The van der Waals surface area contributed by atoms with Crippen LogP contribution in [0.15, 0.2) is 42.7 Å². The molecule has 0 saturated carbocycles. The van der Waals surface area contributed by atoms with Crippen LogP contribution in [0.1, 0.15) is 45.5 Å². The van der Waals surface area contributed by atoms with Crippen molar-refractivity contribution in [3.05, 3.63) is 59.4 Å². The van der Waals surface area contributed by atoms with Crippen LogP contribution < -0.4 is 0 Å². The number of aliphatic carboxylic acids is 1. The van der Waals surface area contributed by atoms with Crippen molar-refractivity contribution in [1.29, 1.82) is 0 Å². The molecular weight excluding hydrogens is 308 g/mol. The number of H-pyrrole nitrogens is 1. The van der Waals surface area contributed by atoms with E-state index in [0.717, 1.165) is 12.8 Å². The average Bonchev–Trinajstić information content (AvgIpc) is 3.15. The Morgan fingerprint density at radius 1 is 1.00 bits per heavy atom. The summed E-state index contributed by atoms with van der Waals surface area (Å²) < 4.78 is 0. The van der Waals surface area contributed by atoms with E-state index in [2.05, 4.69) is 4.98 Å². The summed E-state index contributed by atoms with van der Waals surface area (Å²) in [5.41, 5.74) is 1.43. The molecule has 1 aliphatic rings. The van der Waals surface area contributed by atoms with Crippen LogP contribution in [-0.2, 0) is 4.79 Å². The van der Waals surface area contributed by atoms with Gasteiger partial charge in [-0.15, -0.1) is 0 Å². The van der Waals surface area contributed by atoms with Crippen molar-refractivity contribution < 1.29 is 19.5 Å². The van der Waals surface area contributed by atoms with Crippen LogP contribution in [0.25, 0.3) is 0 Å². The Labute approximate surface area is 139 Å². The third kappa shape index (κ3) is 3.08. The topological polar surface area (TPSA) is 90.5 Å². The lowest BCUT2D eigenvalue weighted by Gasteiger charge is -2.33. The fourth-order valence-electron chi connectivity index (χ4n) is 2.99. The maximum atomic E-state index is 12.6. The Morgan fingerprint density at radius 3 is 2.33 bits per heavy atom. The number of hydrogen-bond acceptors (Lipinski definition) is 3. The number of aromatic nitrogens is 1. The number of carboxylic acids is 1. The van der Waals surface area contributed by atoms with Crippen LogP contribution in [0.3, 0.4) is 0 Å². The Morgan fingerprint density at radius 2 is 1.71 bits per heavy atom. The summed E-state index contributed by atoms with van der Waals surface area (Å²) in [7, 11) is 0. The van der Waals surface area contributed by atoms with Crippen LogP contribution in [0.2, 0.25) is 0 Å². The molecule has 0 aliphatic carbocycles. The first-order valence-electron chi connectivity index (χ1n) is 7.89. The highest BCUT2D eigenvalue weighted by atomic mass is 16.4. The molecule has 2 N–H and O–H groups in total. The lowest BCUT2D eigenvalue weighted by Crippen LogP contribution is -2.47. The molecule has 0 spiro atoms. The first-order valence-corrected chi connectivity index (χ1v) is 7.89. The van der Waals surface area contributed by atoms with Gasteiger partial charge in [-0.3, -0.25) is 9.59 Å². The Balaban J connectivity index is 1.78. The Kier molecular flexibility index (Phi) is 4.46. The second-order valence-corrected chi connectivity index (χ2v) is 5.85. The second kappa shape index (κ2) is 6.70. The van der Waals surface area contributed by atoms with Gasteiger partial charge in [-0.1, -0.05) is 12.1 Å². The van der Waals surface area contributed by atoms with Crippen LogP contribution >= 0.6 is 0 Å². The number of nitrogens with zero attached hydrogens (tertiary/aromatic N) is 1. The van der Waals surface area contributed by atoms with E-state index in [-0.39, 0.29) is 11.7 Å². The summed E-state index contributed by atoms with van der Waals surface area (Å²) >= 11 is 0. The number of carboxylic acid groups (broad SMARTS) is 1. The highest BCUT2D eigenvalue weighted by Crippen LogP contribution is 2.20. The van der Waals surface area contributed by atoms with Crippen molar-refractivity contribution in [2.24, 2.45) is 0 Å². The number of amides is 1. The summed E-state index contributed by atoms with van der Waals surface area (Å²) in [6, 6.07) is 7.27. The van der Waals surface area contributed by atoms with Crippen molar-refractivity contribution >= 4 is 17.7 Å². The van der Waals surface area contributed by atoms with Gasteiger partial charge in [-0.25, -0.2) is 4.79 Å². The molecule has 1 aromatic heterocycles. The van der Waals surface area contributed by atoms with Gasteiger partial charge in [-0.2, -0.15) is 0 Å². The fourth-order valence-corrected chi connectivity index (χ4v) is 2.99. The van der Waals surface area contributed by atoms with Crippen LogP contribution in [0, 0.1) is 0 Å². The van der Waals surface area contributed by atoms with E-state index >= 15 is 0 Å². The number of hydrogen-bond donors (Lipinski definition) is 2. The van der Waals surface area contributed by atoms with Crippen molar-refractivity contribution in [3.8, 4) is 0 Å². The van der Waals surface area contributed by atoms with E-state index in [0.29, 0.717) is 29.7 Å². The smallest absolute Gasteiger partial charge is 0.326 e. The van der Waals surface area contributed by atoms with Crippen molar-refractivity contribution in [3.63, 3.8) is 0 Å². The van der Waals surface area contributed by atoms with E-state index in [1.165, 1.54) is 4.90 Å². The number of nitrogens with one attached hydrogen (secondary N) is 1. The molecule has 2 aromatic rings. The number of benzene rings is 1. The molecule has 6 nitrogen and oxygen atoms in total. The molecule has 3 rings (SSSR count). The third-order valence-corrected chi connectivity index (χ3v) is 4.30. The molecule has 124 valence electrons. The van der Waals surface area contributed by atoms with Crippen LogP contribution in [0.4, 0.5) is 0 Å². The molecule has 1 amide bonds. The number of piperidine rings is 1. The second-order valence-electron chi connectivity index (χ2n) is 5.85. The van der Waals surface area contributed by atoms with Crippen molar-refractivity contribution in [1.82, 2.24) is 9.88 Å². The minimum atomic E-state index is -0.970. The normalized spacial score (nSPS) is 17.5. The molecule has 1 aromatic carbocycles. The molecule has 24 heavy (non-hydrogen) atoms. The minimum absolute atomic E-state index is 0.128. The maximum Gasteiger partial charge on any atom is 0.326 e. The fraction of sp³-hybridized carbons (Fsp3) is 0.278. The van der Waals surface area contributed by atoms with Gasteiger partial charge in [0.25, 0.3) is 5.91 Å². The first-order chi connectivity index (χ1) is 11.6. The monoisotopic (exact) mass is 326 g/mol. The van der Waals surface area contributed by atoms with Crippen LogP contribution in [-0.4, -0.2) is 45.2 Å². The molecule has 1 fully saturated rings. The number of aromatic amines is 1. The van der Waals surface area contributed by atoms with E-state index < -0.39 is 12.0 Å². The molecule has 0 bridgehead atoms. The van der Waals surface area contributed by atoms with Gasteiger partial charge in [0.1, 0.15) is 6.04 Å². The summed E-state index contributed by atoms with van der Waals surface area (Å²) in [4.78, 5) is 40.4. The molecule has 1 unspecified atom stereocenters. The zero-order chi connectivity index (χ0) is 17.1. The number of carbonyl (C=O) groups is 3. The number of rotatable bonds is 4. The number of ketones is 1. The summed E-state index contributed by atoms with van der Waals surface area (Å²) in [5, 5.41) is 9.29.